The molecule has 0 amide bonds. The predicted octanol–water partition coefficient (Wildman–Crippen LogP) is 6.62. The zero-order chi connectivity index (χ0) is 21.3. The van der Waals surface area contributed by atoms with Crippen LogP contribution in [0.15, 0.2) is 29.2 Å². The fourth-order valence-electron chi connectivity index (χ4n) is 3.43. The molecule has 1 saturated carbocycles. The van der Waals surface area contributed by atoms with Gasteiger partial charge in [0.05, 0.1) is 14.0 Å². The van der Waals surface area contributed by atoms with Crippen LogP contribution in [0.3, 0.4) is 0 Å². The monoisotopic (exact) mass is 864 g/mol. The zero-order valence-electron chi connectivity index (χ0n) is 14.9. The standard InChI is InChI=1S/C19H16I4O5S/c20-13-9-14(17(22)18(23)16(13)21)28-19(24)11-6-7-15(29(25,26)27)12(8-11)10-4-2-1-3-5-10/h6-10H,1-5H2,(H,25,26,27). The molecule has 2 aromatic rings. The van der Waals surface area contributed by atoms with Crippen LogP contribution in [0.4, 0.5) is 0 Å². The molecule has 10 heteroatoms. The van der Waals surface area contributed by atoms with Crippen LogP contribution in [-0.4, -0.2) is 18.9 Å². The van der Waals surface area contributed by atoms with Crippen molar-refractivity contribution >= 4 is 106 Å². The van der Waals surface area contributed by atoms with Crippen molar-refractivity contribution in [2.24, 2.45) is 0 Å². The largest absolute Gasteiger partial charge is 0.422 e. The highest BCUT2D eigenvalue weighted by molar-refractivity contribution is 14.1. The second-order valence-electron chi connectivity index (χ2n) is 6.75. The molecule has 1 N–H and O–H groups in total. The first-order chi connectivity index (χ1) is 13.6. The van der Waals surface area contributed by atoms with Gasteiger partial charge in [-0.25, -0.2) is 4.79 Å². The number of benzene rings is 2. The van der Waals surface area contributed by atoms with Crippen LogP contribution in [-0.2, 0) is 10.1 Å². The lowest BCUT2D eigenvalue weighted by Gasteiger charge is -2.24. The van der Waals surface area contributed by atoms with Gasteiger partial charge in [-0.15, -0.1) is 0 Å². The van der Waals surface area contributed by atoms with Crippen molar-refractivity contribution in [1.82, 2.24) is 0 Å². The van der Waals surface area contributed by atoms with Crippen molar-refractivity contribution in [3.8, 4) is 5.75 Å². The SMILES string of the molecule is O=C(Oc1cc(I)c(I)c(I)c1I)c1ccc(S(=O)(=O)O)c(C2CCCCC2)c1. The first-order valence-corrected chi connectivity index (χ1v) is 14.5. The summed E-state index contributed by atoms with van der Waals surface area (Å²) in [5.74, 6) is -0.0636. The van der Waals surface area contributed by atoms with E-state index in [1.165, 1.54) is 12.1 Å². The number of carbonyl (C=O) groups excluding carboxylic acids is 1. The summed E-state index contributed by atoms with van der Waals surface area (Å²) in [4.78, 5) is 12.7. The topological polar surface area (TPSA) is 80.7 Å². The molecule has 0 spiro atoms. The second-order valence-corrected chi connectivity index (χ2v) is 12.5. The van der Waals surface area contributed by atoms with Gasteiger partial charge in [-0.1, -0.05) is 19.3 Å². The summed E-state index contributed by atoms with van der Waals surface area (Å²) in [5, 5.41) is 0. The Morgan fingerprint density at radius 3 is 2.24 bits per heavy atom. The van der Waals surface area contributed by atoms with Gasteiger partial charge in [0.2, 0.25) is 0 Å². The minimum atomic E-state index is -4.36. The van der Waals surface area contributed by atoms with E-state index in [1.54, 1.807) is 6.07 Å². The van der Waals surface area contributed by atoms with E-state index in [0.717, 1.165) is 46.4 Å². The predicted molar refractivity (Wildman–Crippen MR) is 144 cm³/mol. The molecule has 1 fully saturated rings. The Hall–Kier alpha value is 0.740. The first kappa shape index (κ1) is 24.4. The van der Waals surface area contributed by atoms with Crippen molar-refractivity contribution in [2.45, 2.75) is 42.9 Å². The van der Waals surface area contributed by atoms with E-state index >= 15 is 0 Å². The molecule has 1 aliphatic rings. The highest BCUT2D eigenvalue weighted by atomic mass is 127. The molecular weight excluding hydrogens is 848 g/mol. The van der Waals surface area contributed by atoms with Crippen molar-refractivity contribution in [3.05, 3.63) is 49.7 Å². The van der Waals surface area contributed by atoms with Gasteiger partial charge in [0, 0.05) is 10.7 Å². The lowest BCUT2D eigenvalue weighted by atomic mass is 9.83. The van der Waals surface area contributed by atoms with Crippen LogP contribution in [0.5, 0.6) is 5.75 Å². The van der Waals surface area contributed by atoms with Crippen LogP contribution < -0.4 is 4.74 Å². The summed E-state index contributed by atoms with van der Waals surface area (Å²) in [6.45, 7) is 0. The highest BCUT2D eigenvalue weighted by Crippen LogP contribution is 2.37. The maximum absolute atomic E-state index is 12.8. The van der Waals surface area contributed by atoms with Gasteiger partial charge in [0.1, 0.15) is 5.75 Å². The molecule has 0 aromatic heterocycles. The van der Waals surface area contributed by atoms with Gasteiger partial charge in [0.25, 0.3) is 10.1 Å². The van der Waals surface area contributed by atoms with Gasteiger partial charge in [-0.2, -0.15) is 8.42 Å². The molecule has 156 valence electrons. The minimum absolute atomic E-state index is 0.00811. The number of ether oxygens (including phenoxy) is 1. The first-order valence-electron chi connectivity index (χ1n) is 8.76. The van der Waals surface area contributed by atoms with Gasteiger partial charge >= 0.3 is 5.97 Å². The average Bonchev–Trinajstić information content (AvgIpc) is 2.70. The van der Waals surface area contributed by atoms with Crippen molar-refractivity contribution in [3.63, 3.8) is 0 Å². The van der Waals surface area contributed by atoms with Crippen LogP contribution in [0.1, 0.15) is 53.9 Å². The summed E-state index contributed by atoms with van der Waals surface area (Å²) in [5.41, 5.74) is 0.778. The summed E-state index contributed by atoms with van der Waals surface area (Å²) in [6.07, 6.45) is 4.80. The van der Waals surface area contributed by atoms with Crippen LogP contribution >= 0.6 is 90.4 Å². The second kappa shape index (κ2) is 10.1. The molecular formula is C19H16I4O5S. The summed E-state index contributed by atoms with van der Waals surface area (Å²) in [7, 11) is -4.36. The Balaban J connectivity index is 1.98. The quantitative estimate of drug-likeness (QED) is 0.0935. The maximum atomic E-state index is 12.8. The van der Waals surface area contributed by atoms with Gasteiger partial charge in [-0.3, -0.25) is 4.55 Å². The van der Waals surface area contributed by atoms with Crippen LogP contribution in [0, 0.1) is 14.3 Å². The molecule has 0 radical (unpaired) electrons. The summed E-state index contributed by atoms with van der Waals surface area (Å²) in [6, 6.07) is 6.09. The molecule has 5 nitrogen and oxygen atoms in total. The smallest absolute Gasteiger partial charge is 0.343 e. The van der Waals surface area contributed by atoms with E-state index in [2.05, 4.69) is 90.4 Å². The number of esters is 1. The van der Waals surface area contributed by atoms with E-state index in [1.807, 2.05) is 6.07 Å². The molecule has 1 aliphatic carbocycles. The Bertz CT molecular complexity index is 1060. The third-order valence-corrected chi connectivity index (χ3v) is 13.0. The molecule has 0 unspecified atom stereocenters. The van der Waals surface area contributed by atoms with E-state index in [4.69, 9.17) is 4.74 Å². The number of hydrogen-bond donors (Lipinski definition) is 1. The van der Waals surface area contributed by atoms with Crippen LogP contribution in [0.2, 0.25) is 0 Å². The number of carbonyl (C=O) groups is 1. The lowest BCUT2D eigenvalue weighted by molar-refractivity contribution is 0.0732. The zero-order valence-corrected chi connectivity index (χ0v) is 24.4. The van der Waals surface area contributed by atoms with E-state index < -0.39 is 16.1 Å². The number of hydrogen-bond acceptors (Lipinski definition) is 4. The Labute approximate surface area is 224 Å². The molecule has 3 rings (SSSR count). The molecule has 0 atom stereocenters. The van der Waals surface area contributed by atoms with Gasteiger partial charge < -0.3 is 4.74 Å². The van der Waals surface area contributed by atoms with Crippen molar-refractivity contribution in [2.75, 3.05) is 0 Å². The minimum Gasteiger partial charge on any atom is -0.422 e. The average molecular weight is 864 g/mol. The molecule has 0 heterocycles. The van der Waals surface area contributed by atoms with Gasteiger partial charge in [0.15, 0.2) is 0 Å². The molecule has 0 bridgehead atoms. The van der Waals surface area contributed by atoms with Crippen molar-refractivity contribution < 1.29 is 22.5 Å². The molecule has 0 aliphatic heterocycles. The number of rotatable bonds is 4. The summed E-state index contributed by atoms with van der Waals surface area (Å²) >= 11 is 8.83. The maximum Gasteiger partial charge on any atom is 0.343 e. The Kier molecular flexibility index (Phi) is 8.51. The number of halogens is 4. The third kappa shape index (κ3) is 5.76. The van der Waals surface area contributed by atoms with E-state index in [9.17, 15) is 17.8 Å². The molecule has 0 saturated heterocycles. The normalized spacial score (nSPS) is 15.3. The van der Waals surface area contributed by atoms with Gasteiger partial charge in [-0.05, 0) is 139 Å². The Morgan fingerprint density at radius 2 is 1.62 bits per heavy atom. The lowest BCUT2D eigenvalue weighted by Crippen LogP contribution is -2.15. The fourth-order valence-corrected chi connectivity index (χ4v) is 7.29. The highest BCUT2D eigenvalue weighted by Gasteiger charge is 2.26. The third-order valence-electron chi connectivity index (χ3n) is 4.84. The molecule has 29 heavy (non-hydrogen) atoms. The van der Waals surface area contributed by atoms with Crippen LogP contribution in [0.25, 0.3) is 0 Å². The Morgan fingerprint density at radius 1 is 0.966 bits per heavy atom. The van der Waals surface area contributed by atoms with E-state index in [0.29, 0.717) is 11.3 Å². The van der Waals surface area contributed by atoms with E-state index in [-0.39, 0.29) is 16.4 Å². The summed E-state index contributed by atoms with van der Waals surface area (Å²) < 4.78 is 43.0. The fraction of sp³-hybridized carbons (Fsp3) is 0.316. The molecule has 2 aromatic carbocycles. The van der Waals surface area contributed by atoms with Crippen molar-refractivity contribution in [1.29, 1.82) is 0 Å².